The van der Waals surface area contributed by atoms with E-state index in [2.05, 4.69) is 31.0 Å². The molecule has 0 aliphatic rings. The van der Waals surface area contributed by atoms with Gasteiger partial charge in [-0.3, -0.25) is 0 Å². The first kappa shape index (κ1) is 15.0. The van der Waals surface area contributed by atoms with Crippen LogP contribution in [-0.2, 0) is 6.54 Å². The molecule has 18 heavy (non-hydrogen) atoms. The van der Waals surface area contributed by atoms with Crippen LogP contribution in [0.1, 0.15) is 32.8 Å². The topological polar surface area (TPSA) is 15.3 Å². The molecule has 1 aromatic rings. The molecule has 0 radical (unpaired) electrons. The van der Waals surface area contributed by atoms with E-state index in [4.69, 9.17) is 0 Å². The van der Waals surface area contributed by atoms with E-state index in [0.29, 0.717) is 12.5 Å². The van der Waals surface area contributed by atoms with Crippen LogP contribution in [0.3, 0.4) is 0 Å². The van der Waals surface area contributed by atoms with E-state index >= 15 is 0 Å². The second-order valence-corrected chi connectivity index (χ2v) is 4.87. The van der Waals surface area contributed by atoms with Gasteiger partial charge in [0.15, 0.2) is 0 Å². The van der Waals surface area contributed by atoms with Gasteiger partial charge >= 0.3 is 0 Å². The monoisotopic (exact) mass is 252 g/mol. The van der Waals surface area contributed by atoms with Crippen molar-refractivity contribution in [2.24, 2.45) is 5.92 Å². The minimum Gasteiger partial charge on any atom is -0.369 e. The lowest BCUT2D eigenvalue weighted by Crippen LogP contribution is -2.28. The molecule has 1 atom stereocenters. The Morgan fingerprint density at radius 3 is 2.56 bits per heavy atom. The van der Waals surface area contributed by atoms with Crippen LogP contribution in [-0.4, -0.2) is 20.1 Å². The third kappa shape index (κ3) is 3.98. The Bertz CT molecular complexity index is 366. The highest BCUT2D eigenvalue weighted by Crippen LogP contribution is 2.22. The summed E-state index contributed by atoms with van der Waals surface area (Å²) in [5.74, 6) is 0.467. The van der Waals surface area contributed by atoms with Gasteiger partial charge < -0.3 is 10.2 Å². The van der Waals surface area contributed by atoms with E-state index in [1.807, 2.05) is 19.2 Å². The number of halogens is 1. The Morgan fingerprint density at radius 2 is 2.06 bits per heavy atom. The molecule has 1 aromatic carbocycles. The molecule has 2 nitrogen and oxygen atoms in total. The summed E-state index contributed by atoms with van der Waals surface area (Å²) in [6.07, 6.45) is 1.12. The van der Waals surface area contributed by atoms with E-state index in [1.165, 1.54) is 0 Å². The Hall–Kier alpha value is -1.09. The van der Waals surface area contributed by atoms with E-state index in [0.717, 1.165) is 30.8 Å². The summed E-state index contributed by atoms with van der Waals surface area (Å²) in [5.41, 5.74) is 1.70. The zero-order chi connectivity index (χ0) is 13.5. The van der Waals surface area contributed by atoms with E-state index in [-0.39, 0.29) is 5.82 Å². The zero-order valence-electron chi connectivity index (χ0n) is 12.0. The lowest BCUT2D eigenvalue weighted by Gasteiger charge is -2.26. The van der Waals surface area contributed by atoms with Gasteiger partial charge in [0.2, 0.25) is 0 Å². The molecule has 0 saturated carbocycles. The fourth-order valence-electron chi connectivity index (χ4n) is 2.02. The molecule has 0 aromatic heterocycles. The van der Waals surface area contributed by atoms with Crippen LogP contribution < -0.4 is 10.2 Å². The summed E-state index contributed by atoms with van der Waals surface area (Å²) in [4.78, 5) is 2.12. The van der Waals surface area contributed by atoms with E-state index in [1.54, 1.807) is 6.07 Å². The van der Waals surface area contributed by atoms with Crippen molar-refractivity contribution in [2.45, 2.75) is 33.7 Å². The SMILES string of the molecule is CCC(C)CN(CC)c1ccc(CNC)cc1F. The number of nitrogens with one attached hydrogen (secondary N) is 1. The molecule has 3 heteroatoms. The molecule has 0 heterocycles. The summed E-state index contributed by atoms with van der Waals surface area (Å²) in [6.45, 7) is 8.90. The first-order valence-corrected chi connectivity index (χ1v) is 6.80. The Morgan fingerprint density at radius 1 is 1.33 bits per heavy atom. The smallest absolute Gasteiger partial charge is 0.146 e. The number of nitrogens with zero attached hydrogens (tertiary/aromatic N) is 1. The molecular formula is C15H25FN2. The molecule has 1 N–H and O–H groups in total. The predicted molar refractivity (Wildman–Crippen MR) is 76.5 cm³/mol. The number of hydrogen-bond acceptors (Lipinski definition) is 2. The van der Waals surface area contributed by atoms with Crippen molar-refractivity contribution in [3.8, 4) is 0 Å². The Labute approximate surface area is 110 Å². The van der Waals surface area contributed by atoms with Gasteiger partial charge in [0.05, 0.1) is 5.69 Å². The van der Waals surface area contributed by atoms with Crippen molar-refractivity contribution in [2.75, 3.05) is 25.0 Å². The maximum Gasteiger partial charge on any atom is 0.146 e. The van der Waals surface area contributed by atoms with E-state index < -0.39 is 0 Å². The number of anilines is 1. The van der Waals surface area contributed by atoms with Gasteiger partial charge in [0, 0.05) is 19.6 Å². The van der Waals surface area contributed by atoms with Crippen molar-refractivity contribution in [3.63, 3.8) is 0 Å². The van der Waals surface area contributed by atoms with Crippen LogP contribution in [0.2, 0.25) is 0 Å². The van der Waals surface area contributed by atoms with Gasteiger partial charge in [-0.25, -0.2) is 4.39 Å². The summed E-state index contributed by atoms with van der Waals surface area (Å²) in [7, 11) is 1.87. The van der Waals surface area contributed by atoms with Crippen molar-refractivity contribution in [1.29, 1.82) is 0 Å². The lowest BCUT2D eigenvalue weighted by atomic mass is 10.1. The minimum atomic E-state index is -0.118. The fourth-order valence-corrected chi connectivity index (χ4v) is 2.02. The second-order valence-electron chi connectivity index (χ2n) is 4.87. The van der Waals surface area contributed by atoms with Crippen LogP contribution in [0.15, 0.2) is 18.2 Å². The fraction of sp³-hybridized carbons (Fsp3) is 0.600. The van der Waals surface area contributed by atoms with Crippen LogP contribution in [0.25, 0.3) is 0 Å². The molecule has 0 amide bonds. The largest absolute Gasteiger partial charge is 0.369 e. The first-order valence-electron chi connectivity index (χ1n) is 6.80. The molecule has 0 saturated heterocycles. The van der Waals surface area contributed by atoms with Crippen molar-refractivity contribution >= 4 is 5.69 Å². The van der Waals surface area contributed by atoms with Gasteiger partial charge in [-0.15, -0.1) is 0 Å². The number of benzene rings is 1. The third-order valence-electron chi connectivity index (χ3n) is 3.34. The molecule has 0 bridgehead atoms. The van der Waals surface area contributed by atoms with E-state index in [9.17, 15) is 4.39 Å². The zero-order valence-corrected chi connectivity index (χ0v) is 12.0. The molecule has 1 unspecified atom stereocenters. The quantitative estimate of drug-likeness (QED) is 0.800. The van der Waals surface area contributed by atoms with Gasteiger partial charge in [-0.2, -0.15) is 0 Å². The third-order valence-corrected chi connectivity index (χ3v) is 3.34. The molecule has 0 aliphatic carbocycles. The van der Waals surface area contributed by atoms with Gasteiger partial charge in [0.1, 0.15) is 5.82 Å². The second kappa shape index (κ2) is 7.37. The molecule has 1 rings (SSSR count). The summed E-state index contributed by atoms with van der Waals surface area (Å²) in [6, 6.07) is 5.52. The van der Waals surface area contributed by atoms with Gasteiger partial charge in [-0.1, -0.05) is 26.3 Å². The van der Waals surface area contributed by atoms with Crippen LogP contribution >= 0.6 is 0 Å². The first-order chi connectivity index (χ1) is 8.62. The summed E-state index contributed by atoms with van der Waals surface area (Å²) >= 11 is 0. The summed E-state index contributed by atoms with van der Waals surface area (Å²) in [5, 5.41) is 3.03. The summed E-state index contributed by atoms with van der Waals surface area (Å²) < 4.78 is 14.1. The average Bonchev–Trinajstić information content (AvgIpc) is 2.37. The highest BCUT2D eigenvalue weighted by atomic mass is 19.1. The highest BCUT2D eigenvalue weighted by molar-refractivity contribution is 5.49. The van der Waals surface area contributed by atoms with Crippen LogP contribution in [0, 0.1) is 11.7 Å². The molecule has 0 fully saturated rings. The van der Waals surface area contributed by atoms with Gasteiger partial charge in [-0.05, 0) is 37.6 Å². The molecule has 0 spiro atoms. The standard InChI is InChI=1S/C15H25FN2/c1-5-12(3)11-18(6-2)15-8-7-13(10-17-4)9-14(15)16/h7-9,12,17H,5-6,10-11H2,1-4H3. The Kier molecular flexibility index (Phi) is 6.13. The number of hydrogen-bond donors (Lipinski definition) is 1. The molecule has 102 valence electrons. The molecular weight excluding hydrogens is 227 g/mol. The molecule has 0 aliphatic heterocycles. The van der Waals surface area contributed by atoms with Crippen molar-refractivity contribution in [1.82, 2.24) is 5.32 Å². The van der Waals surface area contributed by atoms with Crippen molar-refractivity contribution in [3.05, 3.63) is 29.6 Å². The highest BCUT2D eigenvalue weighted by Gasteiger charge is 2.12. The van der Waals surface area contributed by atoms with Crippen LogP contribution in [0.5, 0.6) is 0 Å². The van der Waals surface area contributed by atoms with Crippen molar-refractivity contribution < 1.29 is 4.39 Å². The number of rotatable bonds is 7. The van der Waals surface area contributed by atoms with Gasteiger partial charge in [0.25, 0.3) is 0 Å². The predicted octanol–water partition coefficient (Wildman–Crippen LogP) is 3.42. The average molecular weight is 252 g/mol. The maximum absolute atomic E-state index is 14.1. The lowest BCUT2D eigenvalue weighted by molar-refractivity contribution is 0.537. The maximum atomic E-state index is 14.1. The van der Waals surface area contributed by atoms with Crippen LogP contribution in [0.4, 0.5) is 10.1 Å². The minimum absolute atomic E-state index is 0.118. The normalized spacial score (nSPS) is 12.5. The Balaban J connectivity index is 2.85.